The Balaban J connectivity index is 2.24. The van der Waals surface area contributed by atoms with E-state index in [0.29, 0.717) is 12.6 Å². The lowest BCUT2D eigenvalue weighted by atomic mass is 10.2. The van der Waals surface area contributed by atoms with Crippen molar-refractivity contribution in [3.05, 3.63) is 34.2 Å². The van der Waals surface area contributed by atoms with Gasteiger partial charge in [-0.25, -0.2) is 0 Å². The zero-order valence-corrected chi connectivity index (χ0v) is 9.19. The van der Waals surface area contributed by atoms with Crippen LogP contribution in [0.3, 0.4) is 0 Å². The number of ether oxygens (including phenoxy) is 1. The monoisotopic (exact) mass is 218 g/mol. The topological polar surface area (TPSA) is 47.0 Å². The third-order valence-electron chi connectivity index (χ3n) is 3.08. The summed E-state index contributed by atoms with van der Waals surface area (Å²) in [7, 11) is 1.67. The van der Waals surface area contributed by atoms with Gasteiger partial charge in [-0.3, -0.25) is 4.79 Å². The zero-order valence-electron chi connectivity index (χ0n) is 9.19. The predicted molar refractivity (Wildman–Crippen MR) is 61.5 cm³/mol. The quantitative estimate of drug-likeness (QED) is 0.854. The molecule has 0 bridgehead atoms. The fourth-order valence-electron chi connectivity index (χ4n) is 2.18. The van der Waals surface area contributed by atoms with Crippen molar-refractivity contribution in [3.8, 4) is 0 Å². The Morgan fingerprint density at radius 3 is 3.00 bits per heavy atom. The lowest BCUT2D eigenvalue weighted by Gasteiger charge is -2.01. The van der Waals surface area contributed by atoms with E-state index < -0.39 is 0 Å². The number of nitrogens with zero attached hydrogens (tertiary/aromatic N) is 1. The Bertz CT molecular complexity index is 578. The van der Waals surface area contributed by atoms with Gasteiger partial charge in [0.1, 0.15) is 6.73 Å². The molecule has 0 spiro atoms. The van der Waals surface area contributed by atoms with Crippen LogP contribution < -0.4 is 5.56 Å². The van der Waals surface area contributed by atoms with E-state index in [9.17, 15) is 4.79 Å². The number of methoxy groups -OCH3 is 1. The summed E-state index contributed by atoms with van der Waals surface area (Å²) in [6.45, 7) is 0.523. The molecular formula is C12H14N2O2. The molecule has 2 aromatic rings. The number of fused-ring (bicyclic) bond motifs is 1. The molecule has 3 rings (SSSR count). The van der Waals surface area contributed by atoms with Gasteiger partial charge in [0.05, 0.1) is 11.0 Å². The summed E-state index contributed by atoms with van der Waals surface area (Å²) in [4.78, 5) is 14.3. The van der Waals surface area contributed by atoms with Gasteiger partial charge in [-0.2, -0.15) is 0 Å². The molecule has 1 aliphatic rings. The first kappa shape index (κ1) is 9.66. The summed E-state index contributed by atoms with van der Waals surface area (Å²) >= 11 is 0. The fraction of sp³-hybridized carbons (Fsp3) is 0.417. The number of H-pyrrole nitrogens is 1. The summed E-state index contributed by atoms with van der Waals surface area (Å²) in [5, 5.41) is 0. The third kappa shape index (κ3) is 1.46. The number of aromatic amines is 1. The molecule has 0 unspecified atom stereocenters. The molecule has 84 valence electrons. The predicted octanol–water partition coefficient (Wildman–Crippen LogP) is 1.81. The van der Waals surface area contributed by atoms with Crippen LogP contribution in [0.4, 0.5) is 0 Å². The van der Waals surface area contributed by atoms with Crippen molar-refractivity contribution >= 4 is 11.0 Å². The summed E-state index contributed by atoms with van der Waals surface area (Å²) in [5.41, 5.74) is 3.24. The number of pyridine rings is 1. The normalized spacial score (nSPS) is 15.8. The average Bonchev–Trinajstić information content (AvgIpc) is 3.04. The third-order valence-corrected chi connectivity index (χ3v) is 3.08. The molecule has 1 saturated carbocycles. The van der Waals surface area contributed by atoms with Crippen LogP contribution in [0.2, 0.25) is 0 Å². The molecule has 1 aliphatic carbocycles. The Kier molecular flexibility index (Phi) is 2.11. The van der Waals surface area contributed by atoms with E-state index in [1.807, 2.05) is 10.6 Å². The largest absolute Gasteiger partial charge is 0.364 e. The van der Waals surface area contributed by atoms with Crippen LogP contribution in [0.25, 0.3) is 11.0 Å². The molecule has 0 radical (unpaired) electrons. The molecule has 2 heterocycles. The highest BCUT2D eigenvalue weighted by atomic mass is 16.5. The zero-order chi connectivity index (χ0) is 11.1. The summed E-state index contributed by atoms with van der Waals surface area (Å²) in [6.07, 6.45) is 4.55. The highest BCUT2D eigenvalue weighted by Gasteiger charge is 2.27. The molecule has 0 atom stereocenters. The molecule has 1 N–H and O–H groups in total. The van der Waals surface area contributed by atoms with Crippen LogP contribution in [0.15, 0.2) is 23.1 Å². The second kappa shape index (κ2) is 3.49. The standard InChI is InChI=1S/C12H14N2O2/c1-16-7-14-6-9(8-2-3-8)12-10(14)4-5-11(15)13-12/h4-6,8H,2-3,7H2,1H3,(H,13,15). The smallest absolute Gasteiger partial charge is 0.248 e. The van der Waals surface area contributed by atoms with E-state index in [1.165, 1.54) is 18.4 Å². The Morgan fingerprint density at radius 1 is 1.50 bits per heavy atom. The first-order valence-electron chi connectivity index (χ1n) is 5.50. The van der Waals surface area contributed by atoms with E-state index in [-0.39, 0.29) is 5.56 Å². The molecule has 4 heteroatoms. The number of hydrogen-bond acceptors (Lipinski definition) is 2. The first-order chi connectivity index (χ1) is 7.79. The molecular weight excluding hydrogens is 204 g/mol. The first-order valence-corrected chi connectivity index (χ1v) is 5.50. The summed E-state index contributed by atoms with van der Waals surface area (Å²) < 4.78 is 7.19. The van der Waals surface area contributed by atoms with Crippen molar-refractivity contribution in [2.24, 2.45) is 0 Å². The maximum atomic E-state index is 11.3. The van der Waals surface area contributed by atoms with Crippen molar-refractivity contribution in [1.29, 1.82) is 0 Å². The van der Waals surface area contributed by atoms with Crippen molar-refractivity contribution in [2.75, 3.05) is 7.11 Å². The molecule has 0 aromatic carbocycles. The summed E-state index contributed by atoms with van der Waals surface area (Å²) in [5.74, 6) is 0.624. The molecule has 1 fully saturated rings. The van der Waals surface area contributed by atoms with E-state index in [2.05, 4.69) is 11.2 Å². The highest BCUT2D eigenvalue weighted by molar-refractivity contribution is 5.80. The molecule has 2 aromatic heterocycles. The van der Waals surface area contributed by atoms with Crippen LogP contribution in [0.5, 0.6) is 0 Å². The molecule has 4 nitrogen and oxygen atoms in total. The second-order valence-corrected chi connectivity index (χ2v) is 4.33. The van der Waals surface area contributed by atoms with Crippen LogP contribution in [-0.2, 0) is 11.5 Å². The van der Waals surface area contributed by atoms with Gasteiger partial charge < -0.3 is 14.3 Å². The number of aromatic nitrogens is 2. The van der Waals surface area contributed by atoms with Gasteiger partial charge >= 0.3 is 0 Å². The molecule has 0 aliphatic heterocycles. The van der Waals surface area contributed by atoms with Crippen molar-refractivity contribution in [3.63, 3.8) is 0 Å². The van der Waals surface area contributed by atoms with E-state index in [1.54, 1.807) is 13.2 Å². The van der Waals surface area contributed by atoms with Crippen LogP contribution in [-0.4, -0.2) is 16.7 Å². The van der Waals surface area contributed by atoms with E-state index in [0.717, 1.165) is 11.0 Å². The minimum absolute atomic E-state index is 0.0374. The Morgan fingerprint density at radius 2 is 2.31 bits per heavy atom. The molecule has 0 amide bonds. The average molecular weight is 218 g/mol. The highest BCUT2D eigenvalue weighted by Crippen LogP contribution is 2.43. The van der Waals surface area contributed by atoms with E-state index in [4.69, 9.17) is 4.74 Å². The van der Waals surface area contributed by atoms with E-state index >= 15 is 0 Å². The van der Waals surface area contributed by atoms with Gasteiger partial charge in [0.15, 0.2) is 0 Å². The Labute approximate surface area is 92.8 Å². The lowest BCUT2D eigenvalue weighted by Crippen LogP contribution is -2.04. The van der Waals surface area contributed by atoms with Gasteiger partial charge in [0.25, 0.3) is 0 Å². The molecule has 16 heavy (non-hydrogen) atoms. The lowest BCUT2D eigenvalue weighted by molar-refractivity contribution is 0.134. The summed E-state index contributed by atoms with van der Waals surface area (Å²) in [6, 6.07) is 3.42. The van der Waals surface area contributed by atoms with Crippen LogP contribution >= 0.6 is 0 Å². The number of nitrogens with one attached hydrogen (secondary N) is 1. The maximum Gasteiger partial charge on any atom is 0.248 e. The number of hydrogen-bond donors (Lipinski definition) is 1. The van der Waals surface area contributed by atoms with Crippen molar-refractivity contribution in [1.82, 2.24) is 9.55 Å². The minimum Gasteiger partial charge on any atom is -0.364 e. The van der Waals surface area contributed by atoms with Crippen LogP contribution in [0.1, 0.15) is 24.3 Å². The molecule has 0 saturated heterocycles. The van der Waals surface area contributed by atoms with Crippen molar-refractivity contribution in [2.45, 2.75) is 25.5 Å². The second-order valence-electron chi connectivity index (χ2n) is 4.33. The number of rotatable bonds is 3. The van der Waals surface area contributed by atoms with Gasteiger partial charge in [0, 0.05) is 19.4 Å². The van der Waals surface area contributed by atoms with Gasteiger partial charge in [-0.15, -0.1) is 0 Å². The van der Waals surface area contributed by atoms with Gasteiger partial charge in [-0.1, -0.05) is 0 Å². The van der Waals surface area contributed by atoms with Gasteiger partial charge in [-0.05, 0) is 30.4 Å². The fourth-order valence-corrected chi connectivity index (χ4v) is 2.18. The Hall–Kier alpha value is -1.55. The van der Waals surface area contributed by atoms with Crippen LogP contribution in [0, 0.1) is 0 Å². The van der Waals surface area contributed by atoms with Gasteiger partial charge in [0.2, 0.25) is 5.56 Å². The van der Waals surface area contributed by atoms with Crippen molar-refractivity contribution < 1.29 is 4.74 Å². The maximum absolute atomic E-state index is 11.3. The SMILES string of the molecule is COCn1cc(C2CC2)c2[nH]c(=O)ccc21. The minimum atomic E-state index is -0.0374.